The van der Waals surface area contributed by atoms with Crippen LogP contribution in [0.1, 0.15) is 20.8 Å². The predicted molar refractivity (Wildman–Crippen MR) is 120 cm³/mol. The molecule has 2 heterocycles. The van der Waals surface area contributed by atoms with Gasteiger partial charge in [0.05, 0.1) is 26.5 Å². The van der Waals surface area contributed by atoms with Gasteiger partial charge in [0.1, 0.15) is 5.01 Å². The minimum absolute atomic E-state index is 0.0824. The van der Waals surface area contributed by atoms with Crippen LogP contribution in [-0.2, 0) is 4.79 Å². The third-order valence-electron chi connectivity index (χ3n) is 4.49. The van der Waals surface area contributed by atoms with Gasteiger partial charge in [-0.05, 0) is 49.2 Å². The molecule has 29 heavy (non-hydrogen) atoms. The third kappa shape index (κ3) is 4.21. The zero-order valence-corrected chi connectivity index (χ0v) is 17.6. The molecule has 4 aromatic rings. The van der Waals surface area contributed by atoms with Crippen molar-refractivity contribution in [2.45, 2.75) is 13.8 Å². The van der Waals surface area contributed by atoms with Gasteiger partial charge in [-0.25, -0.2) is 4.98 Å². The Bertz CT molecular complexity index is 1160. The second-order valence-electron chi connectivity index (χ2n) is 6.65. The van der Waals surface area contributed by atoms with Crippen LogP contribution in [0, 0.1) is 13.8 Å². The van der Waals surface area contributed by atoms with E-state index in [1.807, 2.05) is 62.4 Å². The SMILES string of the molecule is Cc1cccc(C)c1NC(=O)CNC(=O)c1ccc(-c2nc3ccccc3s2)s1. The number of aryl methyl sites for hydroxylation is 2. The van der Waals surface area contributed by atoms with E-state index in [1.165, 1.54) is 11.3 Å². The summed E-state index contributed by atoms with van der Waals surface area (Å²) in [4.78, 5) is 30.8. The number of amides is 2. The van der Waals surface area contributed by atoms with Crippen molar-refractivity contribution in [2.24, 2.45) is 0 Å². The fraction of sp³-hybridized carbons (Fsp3) is 0.136. The van der Waals surface area contributed by atoms with Gasteiger partial charge in [-0.1, -0.05) is 30.3 Å². The van der Waals surface area contributed by atoms with Gasteiger partial charge in [0.2, 0.25) is 5.91 Å². The van der Waals surface area contributed by atoms with Crippen molar-refractivity contribution < 1.29 is 9.59 Å². The molecule has 0 aliphatic carbocycles. The van der Waals surface area contributed by atoms with Crippen LogP contribution in [0.4, 0.5) is 5.69 Å². The highest BCUT2D eigenvalue weighted by atomic mass is 32.1. The fourth-order valence-corrected chi connectivity index (χ4v) is 4.94. The van der Waals surface area contributed by atoms with Crippen molar-refractivity contribution in [3.05, 3.63) is 70.6 Å². The molecule has 0 spiro atoms. The number of nitrogens with one attached hydrogen (secondary N) is 2. The number of carbonyl (C=O) groups is 2. The first kappa shape index (κ1) is 19.3. The van der Waals surface area contributed by atoms with Crippen molar-refractivity contribution in [2.75, 3.05) is 11.9 Å². The number of hydrogen-bond donors (Lipinski definition) is 2. The summed E-state index contributed by atoms with van der Waals surface area (Å²) in [5.74, 6) is -0.516. The lowest BCUT2D eigenvalue weighted by Gasteiger charge is -2.11. The van der Waals surface area contributed by atoms with Crippen LogP contribution in [0.2, 0.25) is 0 Å². The Morgan fingerprint density at radius 3 is 2.45 bits per heavy atom. The number of benzene rings is 2. The minimum atomic E-state index is -0.265. The Kier molecular flexibility index (Phi) is 5.42. The van der Waals surface area contributed by atoms with Crippen molar-refractivity contribution >= 4 is 50.4 Å². The van der Waals surface area contributed by atoms with Crippen LogP contribution in [0.3, 0.4) is 0 Å². The lowest BCUT2D eigenvalue weighted by molar-refractivity contribution is -0.115. The second-order valence-corrected chi connectivity index (χ2v) is 8.76. The Balaban J connectivity index is 1.40. The molecule has 0 bridgehead atoms. The molecule has 7 heteroatoms. The van der Waals surface area contributed by atoms with E-state index in [4.69, 9.17) is 0 Å². The molecular formula is C22H19N3O2S2. The van der Waals surface area contributed by atoms with E-state index >= 15 is 0 Å². The molecule has 0 saturated carbocycles. The summed E-state index contributed by atoms with van der Waals surface area (Å²) in [6.45, 7) is 3.80. The maximum absolute atomic E-state index is 12.5. The van der Waals surface area contributed by atoms with Crippen LogP contribution < -0.4 is 10.6 Å². The van der Waals surface area contributed by atoms with Gasteiger partial charge in [-0.2, -0.15) is 0 Å². The summed E-state index contributed by atoms with van der Waals surface area (Å²) < 4.78 is 1.12. The van der Waals surface area contributed by atoms with E-state index in [0.29, 0.717) is 4.88 Å². The van der Waals surface area contributed by atoms with Gasteiger partial charge in [-0.3, -0.25) is 9.59 Å². The first-order valence-electron chi connectivity index (χ1n) is 9.11. The summed E-state index contributed by atoms with van der Waals surface area (Å²) in [6, 6.07) is 17.5. The highest BCUT2D eigenvalue weighted by Gasteiger charge is 2.14. The average Bonchev–Trinajstić information content (AvgIpc) is 3.36. The topological polar surface area (TPSA) is 71.1 Å². The molecule has 0 aliphatic heterocycles. The highest BCUT2D eigenvalue weighted by molar-refractivity contribution is 7.26. The normalized spacial score (nSPS) is 10.8. The summed E-state index contributed by atoms with van der Waals surface area (Å²) in [7, 11) is 0. The lowest BCUT2D eigenvalue weighted by Crippen LogP contribution is -2.32. The van der Waals surface area contributed by atoms with Crippen LogP contribution >= 0.6 is 22.7 Å². The van der Waals surface area contributed by atoms with Crippen LogP contribution in [0.15, 0.2) is 54.6 Å². The molecular weight excluding hydrogens is 402 g/mol. The first-order valence-corrected chi connectivity index (χ1v) is 10.7. The number of para-hydroxylation sites is 2. The molecule has 5 nitrogen and oxygen atoms in total. The smallest absolute Gasteiger partial charge is 0.261 e. The molecule has 146 valence electrons. The summed E-state index contributed by atoms with van der Waals surface area (Å²) >= 11 is 2.98. The van der Waals surface area contributed by atoms with Gasteiger partial charge >= 0.3 is 0 Å². The second kappa shape index (κ2) is 8.14. The molecule has 0 unspecified atom stereocenters. The average molecular weight is 422 g/mol. The van der Waals surface area contributed by atoms with E-state index in [0.717, 1.165) is 36.9 Å². The number of rotatable bonds is 5. The molecule has 0 aliphatic rings. The number of anilines is 1. The van der Waals surface area contributed by atoms with E-state index in [-0.39, 0.29) is 18.4 Å². The van der Waals surface area contributed by atoms with E-state index in [1.54, 1.807) is 17.4 Å². The summed E-state index contributed by atoms with van der Waals surface area (Å²) in [5, 5.41) is 6.46. The molecule has 2 N–H and O–H groups in total. The monoisotopic (exact) mass is 421 g/mol. The van der Waals surface area contributed by atoms with E-state index in [2.05, 4.69) is 15.6 Å². The Morgan fingerprint density at radius 1 is 0.931 bits per heavy atom. The molecule has 0 fully saturated rings. The van der Waals surface area contributed by atoms with Crippen LogP contribution in [-0.4, -0.2) is 23.3 Å². The van der Waals surface area contributed by atoms with Crippen molar-refractivity contribution in [1.29, 1.82) is 0 Å². The quantitative estimate of drug-likeness (QED) is 0.476. The Labute approximate surface area is 176 Å². The number of aromatic nitrogens is 1. The maximum atomic E-state index is 12.5. The maximum Gasteiger partial charge on any atom is 0.261 e. The summed E-state index contributed by atoms with van der Waals surface area (Å²) in [5.41, 5.74) is 3.72. The summed E-state index contributed by atoms with van der Waals surface area (Å²) in [6.07, 6.45) is 0. The van der Waals surface area contributed by atoms with Gasteiger partial charge in [-0.15, -0.1) is 22.7 Å². The molecule has 0 atom stereocenters. The predicted octanol–water partition coefficient (Wildman–Crippen LogP) is 5.01. The third-order valence-corrected chi connectivity index (χ3v) is 6.78. The zero-order chi connectivity index (χ0) is 20.4. The van der Waals surface area contributed by atoms with Crippen LogP contribution in [0.5, 0.6) is 0 Å². The standard InChI is InChI=1S/C22H19N3O2S2/c1-13-6-5-7-14(2)20(13)25-19(26)12-23-21(27)17-10-11-18(28-17)22-24-15-8-3-4-9-16(15)29-22/h3-11H,12H2,1-2H3,(H,23,27)(H,25,26). The number of fused-ring (bicyclic) bond motifs is 1. The largest absolute Gasteiger partial charge is 0.342 e. The minimum Gasteiger partial charge on any atom is -0.342 e. The first-order chi connectivity index (χ1) is 14.0. The lowest BCUT2D eigenvalue weighted by atomic mass is 10.1. The molecule has 2 aromatic carbocycles. The van der Waals surface area contributed by atoms with Gasteiger partial charge < -0.3 is 10.6 Å². The van der Waals surface area contributed by atoms with Crippen molar-refractivity contribution in [3.63, 3.8) is 0 Å². The number of thiophene rings is 1. The Morgan fingerprint density at radius 2 is 1.69 bits per heavy atom. The number of hydrogen-bond acceptors (Lipinski definition) is 5. The number of carbonyl (C=O) groups excluding carboxylic acids is 2. The van der Waals surface area contributed by atoms with Gasteiger partial charge in [0.25, 0.3) is 5.91 Å². The van der Waals surface area contributed by atoms with Gasteiger partial charge in [0, 0.05) is 5.69 Å². The number of thiazole rings is 1. The fourth-order valence-electron chi connectivity index (χ4n) is 3.00. The highest BCUT2D eigenvalue weighted by Crippen LogP contribution is 2.34. The van der Waals surface area contributed by atoms with E-state index < -0.39 is 0 Å². The molecule has 0 saturated heterocycles. The van der Waals surface area contributed by atoms with Crippen LogP contribution in [0.25, 0.3) is 20.1 Å². The zero-order valence-electron chi connectivity index (χ0n) is 16.0. The van der Waals surface area contributed by atoms with Gasteiger partial charge in [0.15, 0.2) is 0 Å². The van der Waals surface area contributed by atoms with Crippen molar-refractivity contribution in [3.8, 4) is 9.88 Å². The molecule has 4 rings (SSSR count). The van der Waals surface area contributed by atoms with E-state index in [9.17, 15) is 9.59 Å². The molecule has 2 amide bonds. The molecule has 0 radical (unpaired) electrons. The Hall–Kier alpha value is -3.03. The number of nitrogens with zero attached hydrogens (tertiary/aromatic N) is 1. The molecule has 2 aromatic heterocycles. The van der Waals surface area contributed by atoms with Crippen molar-refractivity contribution in [1.82, 2.24) is 10.3 Å².